The molecule has 7 heteroatoms. The van der Waals surface area contributed by atoms with Gasteiger partial charge in [0.25, 0.3) is 5.91 Å². The lowest BCUT2D eigenvalue weighted by Crippen LogP contribution is -2.30. The van der Waals surface area contributed by atoms with Crippen molar-refractivity contribution in [1.29, 1.82) is 0 Å². The minimum Gasteiger partial charge on any atom is -0.496 e. The number of ether oxygens (including phenoxy) is 1. The van der Waals surface area contributed by atoms with Crippen molar-refractivity contribution in [1.82, 2.24) is 5.32 Å². The van der Waals surface area contributed by atoms with E-state index in [9.17, 15) is 14.7 Å². The fourth-order valence-corrected chi connectivity index (χ4v) is 4.42. The van der Waals surface area contributed by atoms with Gasteiger partial charge < -0.3 is 15.2 Å². The van der Waals surface area contributed by atoms with Crippen LogP contribution in [0.15, 0.2) is 42.5 Å². The Morgan fingerprint density at radius 3 is 2.38 bits per heavy atom. The van der Waals surface area contributed by atoms with Crippen molar-refractivity contribution in [2.24, 2.45) is 0 Å². The van der Waals surface area contributed by atoms with Crippen molar-refractivity contribution in [3.05, 3.63) is 74.8 Å². The molecule has 0 unspecified atom stereocenters. The number of carboxylic acid groups (broad SMARTS) is 1. The summed E-state index contributed by atoms with van der Waals surface area (Å²) in [5.41, 5.74) is 3.06. The third-order valence-corrected chi connectivity index (χ3v) is 6.39. The Balaban J connectivity index is 1.99. The molecule has 1 amide bonds. The molecule has 0 bridgehead atoms. The van der Waals surface area contributed by atoms with Crippen LogP contribution in [0, 0.1) is 6.92 Å². The van der Waals surface area contributed by atoms with Gasteiger partial charge >= 0.3 is 5.97 Å². The van der Waals surface area contributed by atoms with Crippen LogP contribution in [0.4, 0.5) is 0 Å². The number of aryl methyl sites for hydroxylation is 1. The number of carbonyl (C=O) groups excluding carboxylic acids is 1. The summed E-state index contributed by atoms with van der Waals surface area (Å²) in [7, 11) is 1.60. The quantitative estimate of drug-likeness (QED) is 0.419. The molecule has 0 fully saturated rings. The molecule has 32 heavy (non-hydrogen) atoms. The first kappa shape index (κ1) is 23.9. The van der Waals surface area contributed by atoms with Crippen molar-refractivity contribution in [3.63, 3.8) is 0 Å². The van der Waals surface area contributed by atoms with Gasteiger partial charge in [-0.15, -0.1) is 0 Å². The Morgan fingerprint density at radius 1 is 1.09 bits per heavy atom. The number of hydrogen-bond donors (Lipinski definition) is 2. The highest BCUT2D eigenvalue weighted by atomic mass is 35.5. The van der Waals surface area contributed by atoms with Crippen molar-refractivity contribution in [3.8, 4) is 5.75 Å². The van der Waals surface area contributed by atoms with Crippen LogP contribution in [0.1, 0.15) is 46.3 Å². The van der Waals surface area contributed by atoms with Crippen LogP contribution in [0.25, 0.3) is 10.8 Å². The van der Waals surface area contributed by atoms with E-state index in [1.54, 1.807) is 25.3 Å². The molecule has 5 nitrogen and oxygen atoms in total. The van der Waals surface area contributed by atoms with E-state index in [0.29, 0.717) is 33.3 Å². The van der Waals surface area contributed by atoms with Crippen LogP contribution in [0.3, 0.4) is 0 Å². The van der Waals surface area contributed by atoms with Crippen molar-refractivity contribution in [2.75, 3.05) is 13.7 Å². The molecule has 0 aliphatic rings. The molecule has 1 atom stereocenters. The first-order valence-corrected chi connectivity index (χ1v) is 11.1. The van der Waals surface area contributed by atoms with E-state index in [4.69, 9.17) is 27.9 Å². The molecule has 168 valence electrons. The van der Waals surface area contributed by atoms with Gasteiger partial charge in [0.2, 0.25) is 0 Å². The van der Waals surface area contributed by atoms with E-state index < -0.39 is 11.9 Å². The first-order chi connectivity index (χ1) is 15.3. The number of fused-ring (bicyclic) bond motifs is 1. The number of halogens is 2. The molecule has 0 aliphatic carbocycles. The predicted molar refractivity (Wildman–Crippen MR) is 128 cm³/mol. The maximum Gasteiger partial charge on any atom is 0.304 e. The lowest BCUT2D eigenvalue weighted by Gasteiger charge is -2.21. The van der Waals surface area contributed by atoms with Crippen LogP contribution in [-0.4, -0.2) is 30.6 Å². The van der Waals surface area contributed by atoms with Crippen LogP contribution in [-0.2, 0) is 11.2 Å². The Kier molecular flexibility index (Phi) is 7.64. The highest BCUT2D eigenvalue weighted by molar-refractivity contribution is 6.42. The number of nitrogens with one attached hydrogen (secondary N) is 1. The van der Waals surface area contributed by atoms with Gasteiger partial charge in [-0.2, -0.15) is 0 Å². The lowest BCUT2D eigenvalue weighted by atomic mass is 9.91. The summed E-state index contributed by atoms with van der Waals surface area (Å²) < 4.78 is 5.65. The van der Waals surface area contributed by atoms with E-state index >= 15 is 0 Å². The molecule has 0 radical (unpaired) electrons. The monoisotopic (exact) mass is 473 g/mol. The predicted octanol–water partition coefficient (Wildman–Crippen LogP) is 6.01. The SMILES string of the molecule is CCc1c(OC)c(C)c2ccccc2c1C(=O)NC[C@@H](CC(=O)O)c1ccc(Cl)c(Cl)c1. The Bertz CT molecular complexity index is 1180. The molecule has 0 spiro atoms. The average Bonchev–Trinajstić information content (AvgIpc) is 2.77. The second-order valence-electron chi connectivity index (χ2n) is 7.59. The van der Waals surface area contributed by atoms with Gasteiger partial charge in [0.1, 0.15) is 5.75 Å². The van der Waals surface area contributed by atoms with E-state index in [1.807, 2.05) is 38.1 Å². The van der Waals surface area contributed by atoms with Gasteiger partial charge in [0.15, 0.2) is 0 Å². The zero-order valence-electron chi connectivity index (χ0n) is 18.2. The van der Waals surface area contributed by atoms with Gasteiger partial charge in [-0.25, -0.2) is 0 Å². The standard InChI is InChI=1S/C25H25Cl2NO4/c1-4-17-23(19-8-6-5-7-18(19)14(2)24(17)32-3)25(31)28-13-16(12-22(29)30)15-9-10-20(26)21(27)11-15/h5-11,16H,4,12-13H2,1-3H3,(H,28,31)(H,29,30)/t16-/m1/s1. The zero-order chi connectivity index (χ0) is 23.4. The number of benzene rings is 3. The zero-order valence-corrected chi connectivity index (χ0v) is 19.7. The molecule has 3 rings (SSSR count). The molecule has 3 aromatic carbocycles. The van der Waals surface area contributed by atoms with Crippen molar-refractivity contribution < 1.29 is 19.4 Å². The fourth-order valence-electron chi connectivity index (χ4n) is 4.12. The third kappa shape index (κ3) is 4.84. The maximum atomic E-state index is 13.4. The molecule has 0 saturated carbocycles. The van der Waals surface area contributed by atoms with Crippen LogP contribution in [0.5, 0.6) is 5.75 Å². The second kappa shape index (κ2) is 10.2. The molecule has 0 aliphatic heterocycles. The van der Waals surface area contributed by atoms with Gasteiger partial charge in [0, 0.05) is 18.0 Å². The summed E-state index contributed by atoms with van der Waals surface area (Å²) in [4.78, 5) is 24.9. The summed E-state index contributed by atoms with van der Waals surface area (Å²) in [6.07, 6.45) is 0.458. The number of hydrogen-bond acceptors (Lipinski definition) is 3. The minimum atomic E-state index is -0.966. The fraction of sp³-hybridized carbons (Fsp3) is 0.280. The smallest absolute Gasteiger partial charge is 0.304 e. The number of carboxylic acids is 1. The van der Waals surface area contributed by atoms with Gasteiger partial charge in [0.05, 0.1) is 29.1 Å². The molecule has 0 saturated heterocycles. The summed E-state index contributed by atoms with van der Waals surface area (Å²) in [6, 6.07) is 12.7. The Morgan fingerprint density at radius 2 is 1.78 bits per heavy atom. The Labute approximate surface area is 197 Å². The molecular formula is C25H25Cl2NO4. The molecule has 0 heterocycles. The molecular weight excluding hydrogens is 449 g/mol. The largest absolute Gasteiger partial charge is 0.496 e. The van der Waals surface area contributed by atoms with E-state index in [1.165, 1.54) is 0 Å². The summed E-state index contributed by atoms with van der Waals surface area (Å²) in [5.74, 6) is -1.00. The average molecular weight is 474 g/mol. The van der Waals surface area contributed by atoms with Gasteiger partial charge in [-0.1, -0.05) is 60.5 Å². The highest BCUT2D eigenvalue weighted by Crippen LogP contribution is 2.36. The third-order valence-electron chi connectivity index (χ3n) is 5.65. The van der Waals surface area contributed by atoms with E-state index in [-0.39, 0.29) is 18.9 Å². The molecule has 2 N–H and O–H groups in total. The highest BCUT2D eigenvalue weighted by Gasteiger charge is 2.23. The van der Waals surface area contributed by atoms with Crippen molar-refractivity contribution >= 4 is 45.9 Å². The molecule has 3 aromatic rings. The Hall–Kier alpha value is -2.76. The summed E-state index contributed by atoms with van der Waals surface area (Å²) in [6.45, 7) is 4.09. The maximum absolute atomic E-state index is 13.4. The molecule has 0 aromatic heterocycles. The second-order valence-corrected chi connectivity index (χ2v) is 8.40. The minimum absolute atomic E-state index is 0.136. The topological polar surface area (TPSA) is 75.6 Å². The summed E-state index contributed by atoms with van der Waals surface area (Å²) in [5, 5.41) is 14.8. The van der Waals surface area contributed by atoms with Crippen LogP contribution >= 0.6 is 23.2 Å². The first-order valence-electron chi connectivity index (χ1n) is 10.3. The van der Waals surface area contributed by atoms with Gasteiger partial charge in [-0.05, 0) is 47.4 Å². The van der Waals surface area contributed by atoms with E-state index in [2.05, 4.69) is 5.32 Å². The number of methoxy groups -OCH3 is 1. The van der Waals surface area contributed by atoms with Crippen LogP contribution in [0.2, 0.25) is 10.0 Å². The number of rotatable bonds is 8. The number of amides is 1. The number of aliphatic carboxylic acids is 1. The lowest BCUT2D eigenvalue weighted by molar-refractivity contribution is -0.137. The normalized spacial score (nSPS) is 11.9. The van der Waals surface area contributed by atoms with Gasteiger partial charge in [-0.3, -0.25) is 9.59 Å². The summed E-state index contributed by atoms with van der Waals surface area (Å²) >= 11 is 12.1. The van der Waals surface area contributed by atoms with Crippen LogP contribution < -0.4 is 10.1 Å². The number of carbonyl (C=O) groups is 2. The van der Waals surface area contributed by atoms with Crippen molar-refractivity contribution in [2.45, 2.75) is 32.6 Å². The van der Waals surface area contributed by atoms with E-state index in [0.717, 1.165) is 21.9 Å².